The number of carbonyl (C=O) groups excluding carboxylic acids is 2. The van der Waals surface area contributed by atoms with Gasteiger partial charge in [-0.1, -0.05) is 66.7 Å². The van der Waals surface area contributed by atoms with Crippen LogP contribution in [0.5, 0.6) is 0 Å². The highest BCUT2D eigenvalue weighted by molar-refractivity contribution is 14.1. The molecule has 1 N–H and O–H groups in total. The van der Waals surface area contributed by atoms with Crippen LogP contribution in [0.25, 0.3) is 11.1 Å². The largest absolute Gasteiger partial charge is 0.467 e. The first-order chi connectivity index (χ1) is 14.1. The lowest BCUT2D eigenvalue weighted by molar-refractivity contribution is -0.145. The lowest BCUT2D eigenvalue weighted by Gasteiger charge is -2.21. The number of benzene rings is 3. The van der Waals surface area contributed by atoms with Crippen molar-refractivity contribution in [3.63, 3.8) is 0 Å². The Morgan fingerprint density at radius 1 is 0.931 bits per heavy atom. The number of hydrogen-bond acceptors (Lipinski definition) is 3. The van der Waals surface area contributed by atoms with Gasteiger partial charge in [0.05, 0.1) is 13.0 Å². The van der Waals surface area contributed by atoms with Crippen LogP contribution in [0.4, 0.5) is 0 Å². The molecular weight excluding hydrogens is 477 g/mol. The monoisotopic (exact) mass is 497 g/mol. The van der Waals surface area contributed by atoms with E-state index in [1.807, 2.05) is 72.8 Å². The van der Waals surface area contributed by atoms with Gasteiger partial charge in [0.2, 0.25) is 5.91 Å². The Bertz CT molecular complexity index is 1030. The van der Waals surface area contributed by atoms with Crippen molar-refractivity contribution in [3.05, 3.63) is 93.1 Å². The number of nitrogens with one attached hydrogen (secondary N) is 1. The zero-order valence-corrected chi connectivity index (χ0v) is 18.1. The summed E-state index contributed by atoms with van der Waals surface area (Å²) in [6.07, 6.45) is 0.382. The van der Waals surface area contributed by atoms with Crippen molar-refractivity contribution in [3.8, 4) is 11.1 Å². The summed E-state index contributed by atoms with van der Waals surface area (Å²) in [5, 5.41) is 2.95. The van der Waals surface area contributed by atoms with Gasteiger partial charge in [-0.05, 0) is 56.5 Å². The third kappa shape index (κ3) is 3.79. The molecule has 4 nitrogen and oxygen atoms in total. The number of amides is 1. The fourth-order valence-electron chi connectivity index (χ4n) is 3.91. The second-order valence-corrected chi connectivity index (χ2v) is 8.15. The van der Waals surface area contributed by atoms with Crippen LogP contribution in [-0.2, 0) is 20.7 Å². The molecule has 0 fully saturated rings. The summed E-state index contributed by atoms with van der Waals surface area (Å²) in [4.78, 5) is 25.8. The highest BCUT2D eigenvalue weighted by Crippen LogP contribution is 2.44. The lowest BCUT2D eigenvalue weighted by Crippen LogP contribution is -2.45. The van der Waals surface area contributed by atoms with Crippen LogP contribution < -0.4 is 5.32 Å². The van der Waals surface area contributed by atoms with Crippen LogP contribution in [0.15, 0.2) is 72.8 Å². The third-order valence-corrected chi connectivity index (χ3v) is 6.33. The van der Waals surface area contributed by atoms with Gasteiger partial charge in [-0.15, -0.1) is 0 Å². The predicted octanol–water partition coefficient (Wildman–Crippen LogP) is 4.30. The van der Waals surface area contributed by atoms with E-state index in [2.05, 4.69) is 27.9 Å². The fraction of sp³-hybridized carbons (Fsp3) is 0.167. The summed E-state index contributed by atoms with van der Waals surface area (Å²) in [6.45, 7) is 0. The number of hydrogen-bond donors (Lipinski definition) is 1. The van der Waals surface area contributed by atoms with Crippen LogP contribution in [0.1, 0.15) is 22.6 Å². The molecule has 0 spiro atoms. The predicted molar refractivity (Wildman–Crippen MR) is 121 cm³/mol. The van der Waals surface area contributed by atoms with Crippen molar-refractivity contribution in [1.82, 2.24) is 5.32 Å². The molecule has 1 aliphatic carbocycles. The van der Waals surface area contributed by atoms with Gasteiger partial charge < -0.3 is 10.1 Å². The topological polar surface area (TPSA) is 55.4 Å². The Morgan fingerprint density at radius 3 is 2.07 bits per heavy atom. The van der Waals surface area contributed by atoms with Crippen molar-refractivity contribution >= 4 is 34.5 Å². The minimum atomic E-state index is -0.747. The third-order valence-electron chi connectivity index (χ3n) is 5.28. The van der Waals surface area contributed by atoms with Crippen molar-refractivity contribution in [2.45, 2.75) is 18.4 Å². The molecular formula is C24H20INO3. The zero-order valence-electron chi connectivity index (χ0n) is 15.9. The lowest BCUT2D eigenvalue weighted by atomic mass is 9.95. The number of esters is 1. The summed E-state index contributed by atoms with van der Waals surface area (Å²) in [5.41, 5.74) is 5.05. The van der Waals surface area contributed by atoms with E-state index in [1.165, 1.54) is 7.11 Å². The Morgan fingerprint density at radius 2 is 1.48 bits per heavy atom. The van der Waals surface area contributed by atoms with Crippen molar-refractivity contribution in [1.29, 1.82) is 0 Å². The molecule has 0 saturated carbocycles. The molecule has 0 aliphatic heterocycles. The van der Waals surface area contributed by atoms with Gasteiger partial charge in [-0.2, -0.15) is 0 Å². The molecule has 0 unspecified atom stereocenters. The van der Waals surface area contributed by atoms with Gasteiger partial charge in [0.15, 0.2) is 0 Å². The summed E-state index contributed by atoms with van der Waals surface area (Å²) in [6, 6.07) is 22.9. The average molecular weight is 497 g/mol. The maximum atomic E-state index is 13.4. The molecule has 3 aromatic rings. The summed E-state index contributed by atoms with van der Waals surface area (Å²) in [5.74, 6) is -1.08. The number of methoxy groups -OCH3 is 1. The Labute approximate surface area is 183 Å². The van der Waals surface area contributed by atoms with Crippen LogP contribution >= 0.6 is 22.6 Å². The first-order valence-corrected chi connectivity index (χ1v) is 10.5. The van der Waals surface area contributed by atoms with Crippen LogP contribution in [0.3, 0.4) is 0 Å². The van der Waals surface area contributed by atoms with Gasteiger partial charge in [-0.3, -0.25) is 4.79 Å². The van der Waals surface area contributed by atoms with Gasteiger partial charge in [0.25, 0.3) is 0 Å². The average Bonchev–Trinajstić information content (AvgIpc) is 3.09. The Hall–Kier alpha value is -2.67. The molecule has 0 heterocycles. The normalized spacial score (nSPS) is 13.3. The second-order valence-electron chi connectivity index (χ2n) is 6.99. The van der Waals surface area contributed by atoms with Gasteiger partial charge in [0, 0.05) is 9.99 Å². The first kappa shape index (κ1) is 19.6. The van der Waals surface area contributed by atoms with Crippen molar-refractivity contribution in [2.75, 3.05) is 7.11 Å². The van der Waals surface area contributed by atoms with Crippen LogP contribution in [-0.4, -0.2) is 25.0 Å². The van der Waals surface area contributed by atoms with Gasteiger partial charge in [0.1, 0.15) is 6.04 Å². The fourth-order valence-corrected chi connectivity index (χ4v) is 4.52. The maximum Gasteiger partial charge on any atom is 0.328 e. The van der Waals surface area contributed by atoms with E-state index in [0.717, 1.165) is 31.4 Å². The molecule has 1 amide bonds. The quantitative estimate of drug-likeness (QED) is 0.423. The van der Waals surface area contributed by atoms with E-state index in [0.29, 0.717) is 6.42 Å². The van der Waals surface area contributed by atoms with E-state index in [-0.39, 0.29) is 5.91 Å². The van der Waals surface area contributed by atoms with E-state index in [1.54, 1.807) is 0 Å². The molecule has 1 atom stereocenters. The Kier molecular flexibility index (Phi) is 5.67. The van der Waals surface area contributed by atoms with Gasteiger partial charge >= 0.3 is 5.97 Å². The highest BCUT2D eigenvalue weighted by Gasteiger charge is 2.35. The van der Waals surface area contributed by atoms with Gasteiger partial charge in [-0.25, -0.2) is 4.79 Å². The highest BCUT2D eigenvalue weighted by atomic mass is 127. The molecule has 0 radical (unpaired) electrons. The minimum Gasteiger partial charge on any atom is -0.467 e. The SMILES string of the molecule is COC(=O)[C@H](Cc1ccccc1I)NC(=O)C1c2ccccc2-c2ccccc21. The minimum absolute atomic E-state index is 0.191. The summed E-state index contributed by atoms with van der Waals surface area (Å²) >= 11 is 2.24. The molecule has 29 heavy (non-hydrogen) atoms. The van der Waals surface area contributed by atoms with E-state index >= 15 is 0 Å². The second kappa shape index (κ2) is 8.37. The van der Waals surface area contributed by atoms with Crippen LogP contribution in [0.2, 0.25) is 0 Å². The smallest absolute Gasteiger partial charge is 0.328 e. The molecule has 0 aromatic heterocycles. The number of ether oxygens (including phenoxy) is 1. The summed E-state index contributed by atoms with van der Waals surface area (Å²) in [7, 11) is 1.34. The number of carbonyl (C=O) groups is 2. The molecule has 146 valence electrons. The zero-order chi connectivity index (χ0) is 20.4. The number of fused-ring (bicyclic) bond motifs is 3. The Balaban J connectivity index is 1.64. The first-order valence-electron chi connectivity index (χ1n) is 9.40. The van der Waals surface area contributed by atoms with Crippen LogP contribution in [0, 0.1) is 3.57 Å². The molecule has 5 heteroatoms. The molecule has 3 aromatic carbocycles. The standard InChI is InChI=1S/C24H20INO3/c1-29-24(28)21(14-15-8-2-7-13-20(15)25)26-23(27)22-18-11-5-3-9-16(18)17-10-4-6-12-19(17)22/h2-13,21-22H,14H2,1H3,(H,26,27)/t21-/m0/s1. The summed E-state index contributed by atoms with van der Waals surface area (Å²) < 4.78 is 6.02. The molecule has 4 rings (SSSR count). The van der Waals surface area contributed by atoms with E-state index in [9.17, 15) is 9.59 Å². The number of halogens is 1. The molecule has 0 bridgehead atoms. The molecule has 0 saturated heterocycles. The maximum absolute atomic E-state index is 13.4. The van der Waals surface area contributed by atoms with E-state index < -0.39 is 17.9 Å². The molecule has 1 aliphatic rings. The van der Waals surface area contributed by atoms with E-state index in [4.69, 9.17) is 4.74 Å². The van der Waals surface area contributed by atoms with Crippen molar-refractivity contribution in [2.24, 2.45) is 0 Å². The number of rotatable bonds is 5. The van der Waals surface area contributed by atoms with Crippen molar-refractivity contribution < 1.29 is 14.3 Å².